The van der Waals surface area contributed by atoms with Gasteiger partial charge in [-0.1, -0.05) is 6.92 Å². The molecular formula is C35H34N2O10. The molecule has 0 spiro atoms. The monoisotopic (exact) mass is 642 g/mol. The minimum atomic E-state index is -1.66. The van der Waals surface area contributed by atoms with Gasteiger partial charge in [-0.25, -0.2) is 9.59 Å². The number of nitriles is 1. The largest absolute Gasteiger partial charge is 0.482 e. The summed E-state index contributed by atoms with van der Waals surface area (Å²) < 4.78 is 24.0. The van der Waals surface area contributed by atoms with Crippen LogP contribution in [0.25, 0.3) is 11.3 Å². The summed E-state index contributed by atoms with van der Waals surface area (Å²) in [5.74, 6) is -4.18. The summed E-state index contributed by atoms with van der Waals surface area (Å²) in [4.78, 5) is 56.5. The van der Waals surface area contributed by atoms with Crippen LogP contribution in [0.15, 0.2) is 64.1 Å². The first-order valence-electron chi connectivity index (χ1n) is 15.3. The van der Waals surface area contributed by atoms with Gasteiger partial charge in [0.15, 0.2) is 0 Å². The van der Waals surface area contributed by atoms with Crippen molar-refractivity contribution in [1.29, 1.82) is 5.26 Å². The van der Waals surface area contributed by atoms with E-state index in [1.54, 1.807) is 25.3 Å². The van der Waals surface area contributed by atoms with Gasteiger partial charge >= 0.3 is 23.5 Å². The summed E-state index contributed by atoms with van der Waals surface area (Å²) >= 11 is 0. The predicted molar refractivity (Wildman–Crippen MR) is 163 cm³/mol. The minimum absolute atomic E-state index is 0.0228. The van der Waals surface area contributed by atoms with Gasteiger partial charge in [0.2, 0.25) is 0 Å². The average molecular weight is 643 g/mol. The van der Waals surface area contributed by atoms with Crippen molar-refractivity contribution in [1.82, 2.24) is 4.98 Å². The number of pyridine rings is 1. The summed E-state index contributed by atoms with van der Waals surface area (Å²) in [5, 5.41) is 32.1. The molecule has 1 aliphatic heterocycles. The van der Waals surface area contributed by atoms with Crippen molar-refractivity contribution in [2.24, 2.45) is 22.7 Å². The zero-order chi connectivity index (χ0) is 33.9. The van der Waals surface area contributed by atoms with Crippen molar-refractivity contribution < 1.29 is 43.2 Å². The Bertz CT molecular complexity index is 1850. The Morgan fingerprint density at radius 2 is 1.81 bits per heavy atom. The molecule has 3 aliphatic rings. The maximum Gasteiger partial charge on any atom is 0.345 e. The van der Waals surface area contributed by atoms with Crippen molar-refractivity contribution >= 4 is 17.9 Å². The number of rotatable bonds is 5. The summed E-state index contributed by atoms with van der Waals surface area (Å²) in [6.07, 6.45) is -0.108. The quantitative estimate of drug-likeness (QED) is 0.373. The first kappa shape index (κ1) is 31.9. The second-order valence-electron chi connectivity index (χ2n) is 13.2. The number of hydrogen-bond acceptors (Lipinski definition) is 11. The van der Waals surface area contributed by atoms with Crippen LogP contribution < -0.4 is 10.4 Å². The third-order valence-electron chi connectivity index (χ3n) is 10.7. The van der Waals surface area contributed by atoms with Gasteiger partial charge in [-0.15, -0.1) is 0 Å². The molecule has 244 valence electrons. The molecule has 2 aliphatic carbocycles. The second kappa shape index (κ2) is 11.3. The van der Waals surface area contributed by atoms with Gasteiger partial charge < -0.3 is 28.8 Å². The molecular weight excluding hydrogens is 608 g/mol. The fraction of sp³-hybridized carbons (Fsp3) is 0.429. The van der Waals surface area contributed by atoms with E-state index in [0.29, 0.717) is 17.5 Å². The highest BCUT2D eigenvalue weighted by atomic mass is 16.6. The van der Waals surface area contributed by atoms with Crippen LogP contribution in [0.4, 0.5) is 0 Å². The average Bonchev–Trinajstić information content (AvgIpc) is 3.03. The van der Waals surface area contributed by atoms with Crippen LogP contribution in [-0.2, 0) is 19.1 Å². The molecule has 0 bridgehead atoms. The Morgan fingerprint density at radius 1 is 1.09 bits per heavy atom. The zero-order valence-corrected chi connectivity index (χ0v) is 26.3. The van der Waals surface area contributed by atoms with E-state index in [-0.39, 0.29) is 35.5 Å². The number of aromatic nitrogens is 1. The molecule has 2 fully saturated rings. The van der Waals surface area contributed by atoms with Gasteiger partial charge in [0.25, 0.3) is 0 Å². The van der Waals surface area contributed by atoms with Crippen molar-refractivity contribution in [3.8, 4) is 23.1 Å². The maximum atomic E-state index is 13.6. The number of fused-ring (bicyclic) bond motifs is 4. The first-order valence-corrected chi connectivity index (χ1v) is 15.3. The van der Waals surface area contributed by atoms with Crippen LogP contribution in [0.1, 0.15) is 74.5 Å². The topological polar surface area (TPSA) is 186 Å². The number of carbonyl (C=O) groups excluding carboxylic acids is 2. The van der Waals surface area contributed by atoms with Crippen molar-refractivity contribution in [2.75, 3.05) is 0 Å². The number of carboxylic acid groups (broad SMARTS) is 1. The Kier molecular flexibility index (Phi) is 7.71. The number of aliphatic carboxylic acids is 1. The number of ether oxygens (including phenoxy) is 3. The molecule has 0 radical (unpaired) electrons. The predicted octanol–water partition coefficient (Wildman–Crippen LogP) is 4.44. The summed E-state index contributed by atoms with van der Waals surface area (Å²) in [6, 6.07) is 12.7. The molecule has 47 heavy (non-hydrogen) atoms. The van der Waals surface area contributed by atoms with Crippen LogP contribution in [0.5, 0.6) is 5.75 Å². The highest BCUT2D eigenvalue weighted by Crippen LogP contribution is 2.67. The van der Waals surface area contributed by atoms with Gasteiger partial charge in [0.05, 0.1) is 23.3 Å². The maximum absolute atomic E-state index is 13.6. The number of carboxylic acids is 1. The van der Waals surface area contributed by atoms with Gasteiger partial charge in [-0.05, 0) is 80.8 Å². The molecule has 1 aromatic carbocycles. The number of carbonyl (C=O) groups is 3. The van der Waals surface area contributed by atoms with Crippen LogP contribution in [-0.4, -0.2) is 50.9 Å². The Labute approximate surface area is 269 Å². The Hall–Kier alpha value is -5.02. The van der Waals surface area contributed by atoms with Crippen LogP contribution in [0, 0.1) is 34.0 Å². The summed E-state index contributed by atoms with van der Waals surface area (Å²) in [6.45, 7) is 6.25. The third-order valence-corrected chi connectivity index (χ3v) is 10.7. The van der Waals surface area contributed by atoms with Crippen LogP contribution >= 0.6 is 0 Å². The molecule has 2 N–H and O–H groups in total. The number of hydrogen-bond donors (Lipinski definition) is 2. The standard InChI is InChI=1S/C35H34N2O10/c1-18(38)44-25-11-12-33(2)24(34(25,3)32(42)43)15-26(46-30(40)20-9-7-19(16-36)8-10-20)35(4)29(33)28(39)27-23(47-35)14-22(45-31(27)41)21-6-5-13-37-17-21/h5-10,13-14,17,24-26,28-29,39H,11-12,15H2,1-4H3,(H,42,43)/t24-,25+,26+,28+,29-,33+,34-,35-/m1/s1. The molecule has 8 atom stereocenters. The molecule has 0 unspecified atom stereocenters. The summed E-state index contributed by atoms with van der Waals surface area (Å²) in [5.41, 5.74) is -4.10. The van der Waals surface area contributed by atoms with E-state index < -0.39 is 70.1 Å². The lowest BCUT2D eigenvalue weighted by atomic mass is 9.42. The number of benzene rings is 1. The molecule has 12 nitrogen and oxygen atoms in total. The SMILES string of the molecule is CC(=O)O[C@H]1CC[C@]2(C)[C@H]3[C@@H](O)c4c(cc(-c5cccnc5)oc4=O)O[C@]3(C)[C@@H](OC(=O)c3ccc(C#N)cc3)C[C@H]2[C@@]1(C)C(=O)O. The van der Waals surface area contributed by atoms with E-state index in [1.807, 2.05) is 13.0 Å². The Balaban J connectivity index is 1.51. The molecule has 6 rings (SSSR count). The lowest BCUT2D eigenvalue weighted by molar-refractivity contribution is -0.261. The summed E-state index contributed by atoms with van der Waals surface area (Å²) in [7, 11) is 0. The van der Waals surface area contributed by atoms with Gasteiger partial charge in [0, 0.05) is 36.9 Å². The number of aliphatic hydroxyl groups excluding tert-OH is 1. The van der Waals surface area contributed by atoms with E-state index in [1.165, 1.54) is 50.4 Å². The lowest BCUT2D eigenvalue weighted by Gasteiger charge is -2.65. The molecule has 3 heterocycles. The second-order valence-corrected chi connectivity index (χ2v) is 13.2. The fourth-order valence-electron chi connectivity index (χ4n) is 8.42. The molecule has 2 aromatic heterocycles. The first-order chi connectivity index (χ1) is 22.2. The molecule has 0 amide bonds. The smallest absolute Gasteiger partial charge is 0.345 e. The van der Waals surface area contributed by atoms with Gasteiger partial charge in [-0.3, -0.25) is 14.6 Å². The van der Waals surface area contributed by atoms with E-state index in [9.17, 15) is 34.7 Å². The normalized spacial score (nSPS) is 32.3. The zero-order valence-electron chi connectivity index (χ0n) is 26.3. The minimum Gasteiger partial charge on any atom is -0.482 e. The molecule has 3 aromatic rings. The molecule has 2 saturated carbocycles. The van der Waals surface area contributed by atoms with Crippen molar-refractivity contribution in [3.05, 3.63) is 82.0 Å². The molecule has 12 heteroatoms. The fourth-order valence-corrected chi connectivity index (χ4v) is 8.42. The van der Waals surface area contributed by atoms with E-state index >= 15 is 0 Å². The van der Waals surface area contributed by atoms with Gasteiger partial charge in [-0.2, -0.15) is 5.26 Å². The van der Waals surface area contributed by atoms with Crippen molar-refractivity contribution in [3.63, 3.8) is 0 Å². The van der Waals surface area contributed by atoms with Gasteiger partial charge in [0.1, 0.15) is 40.3 Å². The lowest BCUT2D eigenvalue weighted by Crippen LogP contribution is -2.71. The number of nitrogens with zero attached hydrogens (tertiary/aromatic N) is 2. The third kappa shape index (κ3) is 4.97. The van der Waals surface area contributed by atoms with E-state index in [4.69, 9.17) is 18.6 Å². The van der Waals surface area contributed by atoms with Crippen LogP contribution in [0.3, 0.4) is 0 Å². The number of esters is 2. The molecule has 0 saturated heterocycles. The van der Waals surface area contributed by atoms with E-state index in [2.05, 4.69) is 4.98 Å². The highest BCUT2D eigenvalue weighted by Gasteiger charge is 2.72. The number of aliphatic hydroxyl groups is 1. The van der Waals surface area contributed by atoms with Crippen LogP contribution in [0.2, 0.25) is 0 Å². The highest BCUT2D eigenvalue weighted by molar-refractivity contribution is 5.89. The van der Waals surface area contributed by atoms with Crippen molar-refractivity contribution in [2.45, 2.75) is 70.9 Å². The van der Waals surface area contributed by atoms with E-state index in [0.717, 1.165) is 0 Å². The Morgan fingerprint density at radius 3 is 2.43 bits per heavy atom.